The van der Waals surface area contributed by atoms with Crippen LogP contribution < -0.4 is 10.4 Å². The summed E-state index contributed by atoms with van der Waals surface area (Å²) in [6.07, 6.45) is 2.35. The first-order valence-corrected chi connectivity index (χ1v) is 7.29. The van der Waals surface area contributed by atoms with Gasteiger partial charge in [-0.25, -0.2) is 0 Å². The Morgan fingerprint density at radius 3 is 2.59 bits per heavy atom. The lowest BCUT2D eigenvalue weighted by Crippen LogP contribution is -2.34. The summed E-state index contributed by atoms with van der Waals surface area (Å²) in [5, 5.41) is 6.73. The van der Waals surface area contributed by atoms with Gasteiger partial charge in [-0.3, -0.25) is 4.67 Å². The number of nitrogens with zero attached hydrogens (tertiary/aromatic N) is 1. The highest BCUT2D eigenvalue weighted by molar-refractivity contribution is 7.80. The normalized spacial score (nSPS) is 18.1. The Kier molecular flexibility index (Phi) is 4.93. The fourth-order valence-electron chi connectivity index (χ4n) is 2.04. The van der Waals surface area contributed by atoms with Gasteiger partial charge < -0.3 is 10.4 Å². The molecular formula is C11H19N3P2S. The standard InChI is InChI=1S/C11H19N3P2S/c15-13-10-2-1-9(17)7-11(10)12-8-3-5-14(16)6-4-8/h1-2,7-8,12-13,17H,3-6,15-16H2. The lowest BCUT2D eigenvalue weighted by molar-refractivity contribution is 0.357. The monoisotopic (exact) mass is 287 g/mol. The fraction of sp³-hybridized carbons (Fsp3) is 0.455. The van der Waals surface area contributed by atoms with E-state index in [4.69, 9.17) is 0 Å². The van der Waals surface area contributed by atoms with E-state index in [9.17, 15) is 0 Å². The number of thiol groups is 1. The van der Waals surface area contributed by atoms with Gasteiger partial charge in [0.1, 0.15) is 0 Å². The molecule has 2 atom stereocenters. The van der Waals surface area contributed by atoms with Crippen molar-refractivity contribution >= 4 is 42.8 Å². The topological polar surface area (TPSA) is 27.3 Å². The number of hydrogen-bond acceptors (Lipinski definition) is 4. The molecule has 94 valence electrons. The molecule has 1 fully saturated rings. The van der Waals surface area contributed by atoms with Crippen LogP contribution in [0.25, 0.3) is 0 Å². The largest absolute Gasteiger partial charge is 0.381 e. The van der Waals surface area contributed by atoms with Crippen molar-refractivity contribution in [1.29, 1.82) is 0 Å². The van der Waals surface area contributed by atoms with Crippen LogP contribution in [0.3, 0.4) is 0 Å². The molecule has 0 amide bonds. The van der Waals surface area contributed by atoms with E-state index >= 15 is 0 Å². The molecule has 2 N–H and O–H groups in total. The van der Waals surface area contributed by atoms with Gasteiger partial charge in [-0.05, 0) is 40.4 Å². The van der Waals surface area contributed by atoms with Crippen molar-refractivity contribution in [3.8, 4) is 0 Å². The zero-order chi connectivity index (χ0) is 12.3. The Bertz CT molecular complexity index is 381. The van der Waals surface area contributed by atoms with E-state index in [2.05, 4.69) is 52.6 Å². The lowest BCUT2D eigenvalue weighted by atomic mass is 10.1. The van der Waals surface area contributed by atoms with Crippen molar-refractivity contribution in [2.75, 3.05) is 23.5 Å². The zero-order valence-corrected chi connectivity index (χ0v) is 12.9. The van der Waals surface area contributed by atoms with Gasteiger partial charge in [0.05, 0.1) is 11.4 Å². The summed E-state index contributed by atoms with van der Waals surface area (Å²) in [4.78, 5) is 0.986. The third kappa shape index (κ3) is 3.72. The molecule has 0 aromatic heterocycles. The lowest BCUT2D eigenvalue weighted by Gasteiger charge is -2.30. The Morgan fingerprint density at radius 2 is 1.94 bits per heavy atom. The van der Waals surface area contributed by atoms with Crippen LogP contribution in [-0.4, -0.2) is 23.8 Å². The molecule has 2 unspecified atom stereocenters. The van der Waals surface area contributed by atoms with Crippen molar-refractivity contribution in [2.24, 2.45) is 0 Å². The Morgan fingerprint density at radius 1 is 1.24 bits per heavy atom. The van der Waals surface area contributed by atoms with Crippen LogP contribution in [0, 0.1) is 0 Å². The first-order valence-electron chi connectivity index (χ1n) is 5.75. The van der Waals surface area contributed by atoms with Crippen LogP contribution in [0.15, 0.2) is 23.1 Å². The third-order valence-corrected chi connectivity index (χ3v) is 4.15. The van der Waals surface area contributed by atoms with E-state index in [0.29, 0.717) is 6.04 Å². The minimum absolute atomic E-state index is 0.555. The Labute approximate surface area is 113 Å². The van der Waals surface area contributed by atoms with Gasteiger partial charge in [0.2, 0.25) is 0 Å². The molecule has 3 nitrogen and oxygen atoms in total. The molecule has 1 saturated heterocycles. The highest BCUT2D eigenvalue weighted by Gasteiger charge is 2.17. The van der Waals surface area contributed by atoms with Gasteiger partial charge in [0, 0.05) is 24.0 Å². The predicted molar refractivity (Wildman–Crippen MR) is 85.0 cm³/mol. The molecule has 1 aliphatic rings. The van der Waals surface area contributed by atoms with E-state index in [0.717, 1.165) is 29.4 Å². The average molecular weight is 287 g/mol. The van der Waals surface area contributed by atoms with Crippen molar-refractivity contribution in [3.05, 3.63) is 18.2 Å². The molecule has 0 saturated carbocycles. The highest BCUT2D eigenvalue weighted by Crippen LogP contribution is 2.28. The number of hydrogen-bond donors (Lipinski definition) is 3. The van der Waals surface area contributed by atoms with Crippen LogP contribution >= 0.6 is 31.4 Å². The maximum absolute atomic E-state index is 4.39. The van der Waals surface area contributed by atoms with Gasteiger partial charge in [0.15, 0.2) is 0 Å². The minimum Gasteiger partial charge on any atom is -0.381 e. The summed E-state index contributed by atoms with van der Waals surface area (Å²) >= 11 is 4.39. The molecule has 6 heteroatoms. The second-order valence-electron chi connectivity index (χ2n) is 4.33. The van der Waals surface area contributed by atoms with Crippen molar-refractivity contribution < 1.29 is 0 Å². The van der Waals surface area contributed by atoms with E-state index in [1.54, 1.807) is 0 Å². The first-order chi connectivity index (χ1) is 8.19. The summed E-state index contributed by atoms with van der Waals surface area (Å²) in [7, 11) is 5.32. The first kappa shape index (κ1) is 13.4. The van der Waals surface area contributed by atoms with Crippen molar-refractivity contribution in [2.45, 2.75) is 23.8 Å². The Hall–Kier alpha value is -0.0100. The van der Waals surface area contributed by atoms with Crippen LogP contribution in [-0.2, 0) is 0 Å². The molecule has 1 heterocycles. The zero-order valence-electron chi connectivity index (χ0n) is 9.69. The van der Waals surface area contributed by atoms with Gasteiger partial charge in [0.25, 0.3) is 0 Å². The molecule has 1 aromatic rings. The summed E-state index contributed by atoms with van der Waals surface area (Å²) in [5.41, 5.74) is 2.23. The SMILES string of the molecule is PNc1ccc(S)cc1NC1CCN(P)CC1. The smallest absolute Gasteiger partial charge is 0.0605 e. The van der Waals surface area contributed by atoms with E-state index < -0.39 is 0 Å². The number of nitrogens with one attached hydrogen (secondary N) is 2. The van der Waals surface area contributed by atoms with Gasteiger partial charge >= 0.3 is 0 Å². The minimum atomic E-state index is 0.555. The molecule has 17 heavy (non-hydrogen) atoms. The van der Waals surface area contributed by atoms with Crippen LogP contribution in [0.2, 0.25) is 0 Å². The maximum Gasteiger partial charge on any atom is 0.0605 e. The molecule has 0 radical (unpaired) electrons. The fourth-order valence-corrected chi connectivity index (χ4v) is 2.79. The average Bonchev–Trinajstić information content (AvgIpc) is 2.32. The highest BCUT2D eigenvalue weighted by atomic mass is 32.1. The molecule has 1 aliphatic heterocycles. The quantitative estimate of drug-likeness (QED) is 0.589. The van der Waals surface area contributed by atoms with Gasteiger partial charge in [-0.2, -0.15) is 0 Å². The number of anilines is 2. The second kappa shape index (κ2) is 6.24. The number of benzene rings is 1. The van der Waals surface area contributed by atoms with Crippen molar-refractivity contribution in [1.82, 2.24) is 4.67 Å². The van der Waals surface area contributed by atoms with E-state index in [1.807, 2.05) is 12.1 Å². The second-order valence-corrected chi connectivity index (χ2v) is 5.86. The number of rotatable bonds is 3. The molecular weight excluding hydrogens is 268 g/mol. The summed E-state index contributed by atoms with van der Waals surface area (Å²) in [6.45, 7) is 2.26. The third-order valence-electron chi connectivity index (χ3n) is 3.05. The van der Waals surface area contributed by atoms with Crippen LogP contribution in [0.1, 0.15) is 12.8 Å². The predicted octanol–water partition coefficient (Wildman–Crippen LogP) is 2.84. The summed E-state index contributed by atoms with van der Waals surface area (Å²) in [5.74, 6) is 0. The maximum atomic E-state index is 4.39. The molecule has 1 aromatic carbocycles. The van der Waals surface area contributed by atoms with Gasteiger partial charge in [-0.15, -0.1) is 12.6 Å². The van der Waals surface area contributed by atoms with E-state index in [1.165, 1.54) is 12.8 Å². The van der Waals surface area contributed by atoms with Crippen molar-refractivity contribution in [3.63, 3.8) is 0 Å². The van der Waals surface area contributed by atoms with Gasteiger partial charge in [-0.1, -0.05) is 9.39 Å². The molecule has 0 spiro atoms. The number of piperidine rings is 1. The van der Waals surface area contributed by atoms with Crippen LogP contribution in [0.4, 0.5) is 11.4 Å². The van der Waals surface area contributed by atoms with Crippen LogP contribution in [0.5, 0.6) is 0 Å². The molecule has 0 bridgehead atoms. The Balaban J connectivity index is 2.04. The molecule has 0 aliphatic carbocycles. The van der Waals surface area contributed by atoms with E-state index in [-0.39, 0.29) is 0 Å². The molecule has 2 rings (SSSR count). The summed E-state index contributed by atoms with van der Waals surface area (Å²) < 4.78 is 2.29. The summed E-state index contributed by atoms with van der Waals surface area (Å²) in [6, 6.07) is 6.66.